The van der Waals surface area contributed by atoms with Crippen LogP contribution in [-0.2, 0) is 14.6 Å². The lowest BCUT2D eigenvalue weighted by molar-refractivity contribution is -0.122. The Hall–Kier alpha value is -0.420. The lowest BCUT2D eigenvalue weighted by Gasteiger charge is -2.40. The van der Waals surface area contributed by atoms with Gasteiger partial charge in [-0.25, -0.2) is 8.42 Å². The van der Waals surface area contributed by atoms with E-state index in [1.165, 1.54) is 25.7 Å². The Balaban J connectivity index is 1.81. The van der Waals surface area contributed by atoms with Crippen LogP contribution in [0, 0.1) is 5.92 Å². The summed E-state index contributed by atoms with van der Waals surface area (Å²) in [7, 11) is -3.04. The molecule has 1 N–H and O–H groups in total. The van der Waals surface area contributed by atoms with Crippen molar-refractivity contribution in [3.63, 3.8) is 0 Å². The Kier molecular flexibility index (Phi) is 5.61. The van der Waals surface area contributed by atoms with E-state index < -0.39 is 9.84 Å². The number of Topliss-reactive ketones (excluding diaryl/α,β-unsaturated/α-hetero) is 1. The summed E-state index contributed by atoms with van der Waals surface area (Å²) in [5.41, 5.74) is 0. The summed E-state index contributed by atoms with van der Waals surface area (Å²) in [5.74, 6) is 1.04. The Morgan fingerprint density at radius 1 is 1.10 bits per heavy atom. The maximum absolute atomic E-state index is 12.2. The molecule has 2 aliphatic rings. The molecule has 116 valence electrons. The number of ketones is 1. The molecular formula is C15H27NO3S. The molecule has 2 fully saturated rings. The van der Waals surface area contributed by atoms with E-state index in [4.69, 9.17) is 0 Å². The summed E-state index contributed by atoms with van der Waals surface area (Å²) in [6, 6.07) is 0.380. The van der Waals surface area contributed by atoms with Crippen molar-refractivity contribution >= 4 is 15.6 Å². The molecule has 0 bridgehead atoms. The van der Waals surface area contributed by atoms with E-state index in [-0.39, 0.29) is 29.8 Å². The van der Waals surface area contributed by atoms with Gasteiger partial charge >= 0.3 is 0 Å². The average Bonchev–Trinajstić information content (AvgIpc) is 2.44. The van der Waals surface area contributed by atoms with E-state index in [9.17, 15) is 13.2 Å². The van der Waals surface area contributed by atoms with Crippen molar-refractivity contribution in [1.29, 1.82) is 0 Å². The molecule has 0 spiro atoms. The van der Waals surface area contributed by atoms with Gasteiger partial charge in [0.1, 0.15) is 0 Å². The number of fused-ring (bicyclic) bond motifs is 1. The molecule has 1 aliphatic carbocycles. The number of rotatable bonds is 6. The highest BCUT2D eigenvalue weighted by atomic mass is 32.2. The van der Waals surface area contributed by atoms with Crippen LogP contribution in [-0.4, -0.2) is 37.8 Å². The minimum atomic E-state index is -3.04. The number of hydrogen-bond donors (Lipinski definition) is 1. The zero-order chi connectivity index (χ0) is 14.6. The molecule has 0 amide bonds. The zero-order valence-electron chi connectivity index (χ0n) is 12.4. The molecule has 1 saturated carbocycles. The standard InChI is InChI=1S/C15H27NO3S/c1-2-10-20(18,19)11-9-15(17)14-8-7-12-5-3-4-6-13(12)16-14/h12-14,16H,2-11H2,1H3. The summed E-state index contributed by atoms with van der Waals surface area (Å²) in [4.78, 5) is 12.2. The normalized spacial score (nSPS) is 30.8. The molecular weight excluding hydrogens is 274 g/mol. The largest absolute Gasteiger partial charge is 0.304 e. The van der Waals surface area contributed by atoms with Gasteiger partial charge < -0.3 is 5.32 Å². The third-order valence-electron chi connectivity index (χ3n) is 4.71. The summed E-state index contributed by atoms with van der Waals surface area (Å²) in [6.07, 6.45) is 7.83. The van der Waals surface area contributed by atoms with E-state index in [2.05, 4.69) is 5.32 Å². The van der Waals surface area contributed by atoms with Crippen LogP contribution in [0.3, 0.4) is 0 Å². The van der Waals surface area contributed by atoms with Gasteiger partial charge in [-0.1, -0.05) is 19.8 Å². The fourth-order valence-electron chi connectivity index (χ4n) is 3.59. The van der Waals surface area contributed by atoms with Crippen LogP contribution in [0.4, 0.5) is 0 Å². The molecule has 2 rings (SSSR count). The second-order valence-corrected chi connectivity index (χ2v) is 8.62. The van der Waals surface area contributed by atoms with Crippen LogP contribution in [0.5, 0.6) is 0 Å². The molecule has 1 heterocycles. The SMILES string of the molecule is CCCS(=O)(=O)CCC(=O)C1CCC2CCCCC2N1. The third kappa shape index (κ3) is 4.29. The second-order valence-electron chi connectivity index (χ2n) is 6.32. The summed E-state index contributed by atoms with van der Waals surface area (Å²) in [6.45, 7) is 1.85. The van der Waals surface area contributed by atoms with E-state index in [0.29, 0.717) is 12.5 Å². The smallest absolute Gasteiger partial charge is 0.150 e. The van der Waals surface area contributed by atoms with Crippen molar-refractivity contribution in [2.45, 2.75) is 70.4 Å². The first-order chi connectivity index (χ1) is 9.52. The quantitative estimate of drug-likeness (QED) is 0.816. The van der Waals surface area contributed by atoms with Crippen LogP contribution in [0.2, 0.25) is 0 Å². The zero-order valence-corrected chi connectivity index (χ0v) is 13.3. The van der Waals surface area contributed by atoms with E-state index in [1.807, 2.05) is 6.92 Å². The molecule has 20 heavy (non-hydrogen) atoms. The minimum absolute atomic E-state index is 0.0198. The molecule has 3 unspecified atom stereocenters. The minimum Gasteiger partial charge on any atom is -0.304 e. The molecule has 3 atom stereocenters. The first-order valence-corrected chi connectivity index (χ1v) is 9.83. The first kappa shape index (κ1) is 16.0. The number of carbonyl (C=O) groups is 1. The van der Waals surface area contributed by atoms with Crippen molar-refractivity contribution in [1.82, 2.24) is 5.32 Å². The molecule has 0 radical (unpaired) electrons. The number of sulfone groups is 1. The van der Waals surface area contributed by atoms with Gasteiger partial charge in [0.2, 0.25) is 0 Å². The predicted molar refractivity (Wildman–Crippen MR) is 80.5 cm³/mol. The van der Waals surface area contributed by atoms with E-state index in [0.717, 1.165) is 18.8 Å². The Labute approximate surface area is 122 Å². The third-order valence-corrected chi connectivity index (χ3v) is 6.57. The average molecular weight is 301 g/mol. The molecule has 0 aromatic carbocycles. The van der Waals surface area contributed by atoms with Gasteiger partial charge in [-0.15, -0.1) is 0 Å². The Bertz CT molecular complexity index is 432. The number of piperidine rings is 1. The van der Waals surface area contributed by atoms with Crippen molar-refractivity contribution in [2.24, 2.45) is 5.92 Å². The predicted octanol–water partition coefficient (Wildman–Crippen LogP) is 2.08. The van der Waals surface area contributed by atoms with Gasteiger partial charge in [0, 0.05) is 18.2 Å². The topological polar surface area (TPSA) is 63.2 Å². The highest BCUT2D eigenvalue weighted by molar-refractivity contribution is 7.91. The van der Waals surface area contributed by atoms with Crippen molar-refractivity contribution in [3.05, 3.63) is 0 Å². The first-order valence-electron chi connectivity index (χ1n) is 8.01. The molecule has 0 aromatic rings. The maximum Gasteiger partial charge on any atom is 0.150 e. The molecule has 1 aliphatic heterocycles. The lowest BCUT2D eigenvalue weighted by atomic mass is 9.77. The molecule has 0 aromatic heterocycles. The maximum atomic E-state index is 12.2. The van der Waals surface area contributed by atoms with E-state index in [1.54, 1.807) is 0 Å². The van der Waals surface area contributed by atoms with Crippen molar-refractivity contribution in [3.8, 4) is 0 Å². The van der Waals surface area contributed by atoms with Crippen molar-refractivity contribution in [2.75, 3.05) is 11.5 Å². The van der Waals surface area contributed by atoms with Crippen LogP contribution < -0.4 is 5.32 Å². The summed E-state index contributed by atoms with van der Waals surface area (Å²) >= 11 is 0. The highest BCUT2D eigenvalue weighted by Crippen LogP contribution is 2.32. The highest BCUT2D eigenvalue weighted by Gasteiger charge is 2.34. The van der Waals surface area contributed by atoms with Gasteiger partial charge in [-0.2, -0.15) is 0 Å². The molecule has 5 heteroatoms. The van der Waals surface area contributed by atoms with Gasteiger partial charge in [0.25, 0.3) is 0 Å². The second kappa shape index (κ2) is 7.03. The fraction of sp³-hybridized carbons (Fsp3) is 0.933. The van der Waals surface area contributed by atoms with Crippen LogP contribution >= 0.6 is 0 Å². The number of nitrogens with one attached hydrogen (secondary N) is 1. The van der Waals surface area contributed by atoms with Gasteiger partial charge in [-0.3, -0.25) is 4.79 Å². The van der Waals surface area contributed by atoms with Gasteiger partial charge in [0.15, 0.2) is 15.6 Å². The molecule has 4 nitrogen and oxygen atoms in total. The Morgan fingerprint density at radius 2 is 1.85 bits per heavy atom. The monoisotopic (exact) mass is 301 g/mol. The number of hydrogen-bond acceptors (Lipinski definition) is 4. The summed E-state index contributed by atoms with van der Waals surface area (Å²) < 4.78 is 23.3. The van der Waals surface area contributed by atoms with Crippen LogP contribution in [0.1, 0.15) is 58.3 Å². The molecule has 1 saturated heterocycles. The van der Waals surface area contributed by atoms with Crippen molar-refractivity contribution < 1.29 is 13.2 Å². The summed E-state index contributed by atoms with van der Waals surface area (Å²) in [5, 5.41) is 3.48. The van der Waals surface area contributed by atoms with Gasteiger partial charge in [0.05, 0.1) is 11.8 Å². The van der Waals surface area contributed by atoms with Crippen LogP contribution in [0.25, 0.3) is 0 Å². The number of carbonyl (C=O) groups excluding carboxylic acids is 1. The fourth-order valence-corrected chi connectivity index (χ4v) is 4.93. The van der Waals surface area contributed by atoms with E-state index >= 15 is 0 Å². The lowest BCUT2D eigenvalue weighted by Crippen LogP contribution is -2.52. The Morgan fingerprint density at radius 3 is 2.60 bits per heavy atom. The van der Waals surface area contributed by atoms with Gasteiger partial charge in [-0.05, 0) is 38.0 Å². The van der Waals surface area contributed by atoms with Crippen LogP contribution in [0.15, 0.2) is 0 Å².